The van der Waals surface area contributed by atoms with Crippen molar-refractivity contribution in [3.8, 4) is 11.3 Å². The van der Waals surface area contributed by atoms with E-state index in [0.29, 0.717) is 18.3 Å². The summed E-state index contributed by atoms with van der Waals surface area (Å²) in [6, 6.07) is 7.85. The van der Waals surface area contributed by atoms with Crippen LogP contribution < -0.4 is 4.90 Å². The second kappa shape index (κ2) is 9.43. The Hall–Kier alpha value is -1.77. The minimum atomic E-state index is -0.393. The molecule has 0 spiro atoms. The van der Waals surface area contributed by atoms with Crippen molar-refractivity contribution in [2.75, 3.05) is 24.7 Å². The highest BCUT2D eigenvalue weighted by molar-refractivity contribution is 9.10. The van der Waals surface area contributed by atoms with Crippen LogP contribution in [0.5, 0.6) is 0 Å². The van der Waals surface area contributed by atoms with E-state index in [0.717, 1.165) is 28.6 Å². The van der Waals surface area contributed by atoms with Crippen molar-refractivity contribution in [3.63, 3.8) is 0 Å². The van der Waals surface area contributed by atoms with Crippen LogP contribution in [-0.2, 0) is 19.1 Å². The second-order valence-corrected chi connectivity index (χ2v) is 7.93. The second-order valence-electron chi connectivity index (χ2n) is 6.18. The zero-order chi connectivity index (χ0) is 19.2. The molecule has 0 bridgehead atoms. The number of benzene rings is 1. The number of aromatic nitrogens is 1. The van der Waals surface area contributed by atoms with Gasteiger partial charge in [0.1, 0.15) is 0 Å². The van der Waals surface area contributed by atoms with Gasteiger partial charge < -0.3 is 9.47 Å². The third kappa shape index (κ3) is 5.37. The number of halogens is 1. The van der Waals surface area contributed by atoms with Gasteiger partial charge in [0.15, 0.2) is 11.7 Å². The van der Waals surface area contributed by atoms with Gasteiger partial charge in [0.25, 0.3) is 5.91 Å². The van der Waals surface area contributed by atoms with Gasteiger partial charge in [0.2, 0.25) is 0 Å². The van der Waals surface area contributed by atoms with Crippen molar-refractivity contribution in [2.24, 2.45) is 0 Å². The summed E-state index contributed by atoms with van der Waals surface area (Å²) in [6.45, 7) is 2.53. The third-order valence-electron chi connectivity index (χ3n) is 4.22. The van der Waals surface area contributed by atoms with Crippen molar-refractivity contribution < 1.29 is 19.1 Å². The topological polar surface area (TPSA) is 68.7 Å². The Morgan fingerprint density at radius 1 is 1.37 bits per heavy atom. The number of thiazole rings is 1. The fourth-order valence-electron chi connectivity index (χ4n) is 2.74. The van der Waals surface area contributed by atoms with Crippen molar-refractivity contribution in [1.82, 2.24) is 4.98 Å². The molecule has 8 heteroatoms. The lowest BCUT2D eigenvalue weighted by Gasteiger charge is -2.22. The molecule has 27 heavy (non-hydrogen) atoms. The molecule has 144 valence electrons. The lowest BCUT2D eigenvalue weighted by atomic mass is 10.2. The highest BCUT2D eigenvalue weighted by Gasteiger charge is 2.26. The number of esters is 1. The van der Waals surface area contributed by atoms with Crippen LogP contribution in [0.25, 0.3) is 11.3 Å². The molecule has 1 saturated heterocycles. The lowest BCUT2D eigenvalue weighted by Crippen LogP contribution is -2.40. The molecule has 1 aliphatic heterocycles. The molecule has 2 heterocycles. The first kappa shape index (κ1) is 20.0. The molecule has 1 amide bonds. The predicted octanol–water partition coefficient (Wildman–Crippen LogP) is 4.04. The maximum Gasteiger partial charge on any atom is 0.306 e. The summed E-state index contributed by atoms with van der Waals surface area (Å²) in [4.78, 5) is 30.3. The summed E-state index contributed by atoms with van der Waals surface area (Å²) in [5, 5.41) is 2.51. The Labute approximate surface area is 170 Å². The SMILES string of the molecule is CCC(=O)OCC(=O)N(CC1CCCO1)c1nc(-c2ccc(Br)cc2)cs1. The smallest absolute Gasteiger partial charge is 0.306 e. The van der Waals surface area contributed by atoms with Gasteiger partial charge in [-0.15, -0.1) is 11.3 Å². The van der Waals surface area contributed by atoms with Gasteiger partial charge in [-0.2, -0.15) is 0 Å². The molecule has 6 nitrogen and oxygen atoms in total. The molecular formula is C19H21BrN2O4S. The summed E-state index contributed by atoms with van der Waals surface area (Å²) >= 11 is 4.82. The first-order chi connectivity index (χ1) is 13.1. The van der Waals surface area contributed by atoms with E-state index in [1.165, 1.54) is 11.3 Å². The minimum Gasteiger partial charge on any atom is -0.456 e. The number of rotatable bonds is 7. The monoisotopic (exact) mass is 452 g/mol. The molecule has 1 fully saturated rings. The average Bonchev–Trinajstić information content (AvgIpc) is 3.36. The molecule has 1 aliphatic rings. The molecule has 1 atom stereocenters. The van der Waals surface area contributed by atoms with Gasteiger partial charge in [0.05, 0.1) is 18.3 Å². The highest BCUT2D eigenvalue weighted by Crippen LogP contribution is 2.29. The molecule has 3 rings (SSSR count). The zero-order valence-electron chi connectivity index (χ0n) is 15.0. The number of ether oxygens (including phenoxy) is 2. The minimum absolute atomic E-state index is 0.0177. The largest absolute Gasteiger partial charge is 0.456 e. The van der Waals surface area contributed by atoms with E-state index in [9.17, 15) is 9.59 Å². The van der Waals surface area contributed by atoms with Crippen molar-refractivity contribution in [3.05, 3.63) is 34.1 Å². The Balaban J connectivity index is 1.77. The van der Waals surface area contributed by atoms with Crippen molar-refractivity contribution in [2.45, 2.75) is 32.3 Å². The molecule has 1 unspecified atom stereocenters. The maximum absolute atomic E-state index is 12.7. The van der Waals surface area contributed by atoms with Crippen LogP contribution >= 0.6 is 27.3 Å². The zero-order valence-corrected chi connectivity index (χ0v) is 17.4. The van der Waals surface area contributed by atoms with E-state index in [1.54, 1.807) is 11.8 Å². The Morgan fingerprint density at radius 2 is 2.15 bits per heavy atom. The standard InChI is InChI=1S/C19H21BrN2O4S/c1-2-18(24)26-11-17(23)22(10-15-4-3-9-25-15)19-21-16(12-27-19)13-5-7-14(20)8-6-13/h5-8,12,15H,2-4,9-11H2,1H3. The van der Waals surface area contributed by atoms with Crippen LogP contribution in [0.1, 0.15) is 26.2 Å². The predicted molar refractivity (Wildman–Crippen MR) is 108 cm³/mol. The Kier molecular flexibility index (Phi) is 6.98. The number of carbonyl (C=O) groups excluding carboxylic acids is 2. The number of anilines is 1. The number of carbonyl (C=O) groups is 2. The lowest BCUT2D eigenvalue weighted by molar-refractivity contribution is -0.147. The summed E-state index contributed by atoms with van der Waals surface area (Å²) in [7, 11) is 0. The third-order valence-corrected chi connectivity index (χ3v) is 5.61. The number of hydrogen-bond donors (Lipinski definition) is 0. The quantitative estimate of drug-likeness (QED) is 0.592. The molecule has 0 aliphatic carbocycles. The van der Waals surface area contributed by atoms with Crippen LogP contribution in [-0.4, -0.2) is 42.7 Å². The van der Waals surface area contributed by atoms with E-state index in [-0.39, 0.29) is 25.0 Å². The fraction of sp³-hybridized carbons (Fsp3) is 0.421. The van der Waals surface area contributed by atoms with Gasteiger partial charge in [-0.1, -0.05) is 35.0 Å². The van der Waals surface area contributed by atoms with Crippen LogP contribution in [0.2, 0.25) is 0 Å². The highest BCUT2D eigenvalue weighted by atomic mass is 79.9. The molecule has 1 aromatic carbocycles. The van der Waals surface area contributed by atoms with E-state index in [4.69, 9.17) is 9.47 Å². The number of amides is 1. The first-order valence-corrected chi connectivity index (χ1v) is 10.5. The summed E-state index contributed by atoms with van der Waals surface area (Å²) < 4.78 is 11.7. The van der Waals surface area contributed by atoms with Crippen LogP contribution in [0.15, 0.2) is 34.1 Å². The first-order valence-electron chi connectivity index (χ1n) is 8.86. The van der Waals surface area contributed by atoms with E-state index >= 15 is 0 Å². The number of hydrogen-bond acceptors (Lipinski definition) is 6. The summed E-state index contributed by atoms with van der Waals surface area (Å²) in [5.41, 5.74) is 1.78. The Morgan fingerprint density at radius 3 is 2.81 bits per heavy atom. The van der Waals surface area contributed by atoms with Gasteiger partial charge in [-0.05, 0) is 25.0 Å². The summed E-state index contributed by atoms with van der Waals surface area (Å²) in [6.07, 6.45) is 2.11. The van der Waals surface area contributed by atoms with Gasteiger partial charge in [-0.25, -0.2) is 4.98 Å². The molecule has 2 aromatic rings. The fourth-order valence-corrected chi connectivity index (χ4v) is 3.87. The van der Waals surface area contributed by atoms with Crippen molar-refractivity contribution in [1.29, 1.82) is 0 Å². The van der Waals surface area contributed by atoms with Gasteiger partial charge in [-0.3, -0.25) is 14.5 Å². The number of nitrogens with zero attached hydrogens (tertiary/aromatic N) is 2. The summed E-state index contributed by atoms with van der Waals surface area (Å²) in [5.74, 6) is -0.681. The van der Waals surface area contributed by atoms with E-state index in [2.05, 4.69) is 20.9 Å². The average molecular weight is 453 g/mol. The molecule has 0 saturated carbocycles. The Bertz CT molecular complexity index is 787. The molecule has 0 radical (unpaired) electrons. The van der Waals surface area contributed by atoms with E-state index < -0.39 is 5.97 Å². The molecule has 1 aromatic heterocycles. The van der Waals surface area contributed by atoms with Gasteiger partial charge >= 0.3 is 5.97 Å². The van der Waals surface area contributed by atoms with Crippen LogP contribution in [0.4, 0.5) is 5.13 Å². The van der Waals surface area contributed by atoms with Gasteiger partial charge in [0, 0.05) is 28.4 Å². The molecule has 0 N–H and O–H groups in total. The molecular weight excluding hydrogens is 432 g/mol. The van der Waals surface area contributed by atoms with E-state index in [1.807, 2.05) is 29.6 Å². The maximum atomic E-state index is 12.7. The van der Waals surface area contributed by atoms with Crippen molar-refractivity contribution >= 4 is 44.3 Å². The van der Waals surface area contributed by atoms with Crippen LogP contribution in [0.3, 0.4) is 0 Å². The van der Waals surface area contributed by atoms with Crippen LogP contribution in [0, 0.1) is 0 Å². The normalized spacial score (nSPS) is 16.3.